The summed E-state index contributed by atoms with van der Waals surface area (Å²) in [6, 6.07) is 5.44. The number of hydrogen-bond donors (Lipinski definition) is 1. The smallest absolute Gasteiger partial charge is 0.410 e. The number of benzene rings is 1. The van der Waals surface area contributed by atoms with Crippen LogP contribution in [0.1, 0.15) is 46.5 Å². The minimum atomic E-state index is -0.482. The SMILES string of the molecule is CC(C)(C)OC(=O)N1CCC(Nc2c(F)cccc2N2CCCC2)CC1. The fraction of sp³-hybridized carbons (Fsp3) is 0.650. The zero-order valence-corrected chi connectivity index (χ0v) is 16.1. The third-order valence-corrected chi connectivity index (χ3v) is 4.93. The Hall–Kier alpha value is -1.98. The van der Waals surface area contributed by atoms with Gasteiger partial charge in [0.25, 0.3) is 0 Å². The molecule has 0 atom stereocenters. The van der Waals surface area contributed by atoms with Crippen LogP contribution in [-0.4, -0.2) is 48.8 Å². The molecule has 6 heteroatoms. The molecular formula is C20H30FN3O2. The second-order valence-electron chi connectivity index (χ2n) is 8.21. The number of ether oxygens (including phenoxy) is 1. The maximum absolute atomic E-state index is 14.5. The van der Waals surface area contributed by atoms with Crippen molar-refractivity contribution in [2.75, 3.05) is 36.4 Å². The van der Waals surface area contributed by atoms with Gasteiger partial charge in [-0.2, -0.15) is 0 Å². The number of rotatable bonds is 3. The highest BCUT2D eigenvalue weighted by Crippen LogP contribution is 2.32. The maximum atomic E-state index is 14.5. The molecule has 2 aliphatic heterocycles. The first-order valence-electron chi connectivity index (χ1n) is 9.61. The normalized spacial score (nSPS) is 18.9. The Morgan fingerprint density at radius 2 is 1.81 bits per heavy atom. The first-order chi connectivity index (χ1) is 12.3. The minimum Gasteiger partial charge on any atom is -0.444 e. The summed E-state index contributed by atoms with van der Waals surface area (Å²) in [7, 11) is 0. The van der Waals surface area contributed by atoms with Crippen molar-refractivity contribution in [3.05, 3.63) is 24.0 Å². The molecule has 2 heterocycles. The van der Waals surface area contributed by atoms with E-state index in [1.807, 2.05) is 26.8 Å². The van der Waals surface area contributed by atoms with E-state index in [0.717, 1.165) is 44.5 Å². The van der Waals surface area contributed by atoms with E-state index in [9.17, 15) is 9.18 Å². The summed E-state index contributed by atoms with van der Waals surface area (Å²) in [6.07, 6.45) is 3.62. The molecule has 2 aliphatic rings. The molecule has 5 nitrogen and oxygen atoms in total. The van der Waals surface area contributed by atoms with Gasteiger partial charge in [0, 0.05) is 32.2 Å². The first-order valence-corrected chi connectivity index (χ1v) is 9.61. The Morgan fingerprint density at radius 1 is 1.15 bits per heavy atom. The summed E-state index contributed by atoms with van der Waals surface area (Å²) >= 11 is 0. The number of nitrogens with zero attached hydrogens (tertiary/aromatic N) is 2. The monoisotopic (exact) mass is 363 g/mol. The standard InChI is InChI=1S/C20H30FN3O2/c1-20(2,3)26-19(25)24-13-9-15(10-14-24)22-18-16(21)7-6-8-17(18)23-11-4-5-12-23/h6-8,15,22H,4-5,9-14H2,1-3H3. The third-order valence-electron chi connectivity index (χ3n) is 4.93. The lowest BCUT2D eigenvalue weighted by Crippen LogP contribution is -2.44. The van der Waals surface area contributed by atoms with Crippen LogP contribution >= 0.6 is 0 Å². The predicted molar refractivity (Wildman–Crippen MR) is 102 cm³/mol. The van der Waals surface area contributed by atoms with Crippen molar-refractivity contribution >= 4 is 17.5 Å². The number of likely N-dealkylation sites (tertiary alicyclic amines) is 1. The average molecular weight is 363 g/mol. The molecule has 0 aromatic heterocycles. The molecule has 0 bridgehead atoms. The van der Waals surface area contributed by atoms with E-state index in [2.05, 4.69) is 10.2 Å². The van der Waals surface area contributed by atoms with E-state index in [1.165, 1.54) is 6.07 Å². The van der Waals surface area contributed by atoms with Crippen LogP contribution in [0, 0.1) is 5.82 Å². The van der Waals surface area contributed by atoms with E-state index in [1.54, 1.807) is 11.0 Å². The minimum absolute atomic E-state index is 0.159. The van der Waals surface area contributed by atoms with Gasteiger partial charge in [-0.05, 0) is 58.6 Å². The Labute approximate surface area is 155 Å². The number of piperidine rings is 1. The van der Waals surface area contributed by atoms with Gasteiger partial charge in [-0.1, -0.05) is 6.07 Å². The van der Waals surface area contributed by atoms with E-state index in [4.69, 9.17) is 4.74 Å². The molecule has 1 N–H and O–H groups in total. The van der Waals surface area contributed by atoms with Crippen LogP contribution in [0.5, 0.6) is 0 Å². The van der Waals surface area contributed by atoms with Crippen LogP contribution in [0.15, 0.2) is 18.2 Å². The number of anilines is 2. The van der Waals surface area contributed by atoms with E-state index in [0.29, 0.717) is 18.8 Å². The van der Waals surface area contributed by atoms with Gasteiger partial charge in [0.15, 0.2) is 0 Å². The summed E-state index contributed by atoms with van der Waals surface area (Å²) in [5.74, 6) is -0.205. The molecular weight excluding hydrogens is 333 g/mol. The van der Waals surface area contributed by atoms with Gasteiger partial charge < -0.3 is 19.9 Å². The molecule has 2 saturated heterocycles. The topological polar surface area (TPSA) is 44.8 Å². The summed E-state index contributed by atoms with van der Waals surface area (Å²) in [6.45, 7) is 8.83. The number of amides is 1. The molecule has 0 unspecified atom stereocenters. The van der Waals surface area contributed by atoms with Crippen molar-refractivity contribution in [3.63, 3.8) is 0 Å². The summed E-state index contributed by atoms with van der Waals surface area (Å²) < 4.78 is 19.9. The van der Waals surface area contributed by atoms with Crippen LogP contribution in [0.3, 0.4) is 0 Å². The second-order valence-corrected chi connectivity index (χ2v) is 8.21. The van der Waals surface area contributed by atoms with E-state index < -0.39 is 5.60 Å². The molecule has 144 valence electrons. The first kappa shape index (κ1) is 18.8. The molecule has 2 fully saturated rings. The Morgan fingerprint density at radius 3 is 2.42 bits per heavy atom. The van der Waals surface area contributed by atoms with Crippen LogP contribution < -0.4 is 10.2 Å². The molecule has 1 amide bonds. The van der Waals surface area contributed by atoms with Gasteiger partial charge in [0.1, 0.15) is 11.4 Å². The average Bonchev–Trinajstić information content (AvgIpc) is 3.10. The zero-order chi connectivity index (χ0) is 18.7. The maximum Gasteiger partial charge on any atom is 0.410 e. The second kappa shape index (κ2) is 7.72. The number of carbonyl (C=O) groups is 1. The lowest BCUT2D eigenvalue weighted by molar-refractivity contribution is 0.0210. The number of halogens is 1. The van der Waals surface area contributed by atoms with Gasteiger partial charge in [0.2, 0.25) is 0 Å². The molecule has 26 heavy (non-hydrogen) atoms. The molecule has 3 rings (SSSR count). The predicted octanol–water partition coefficient (Wildman–Crippen LogP) is 4.24. The zero-order valence-electron chi connectivity index (χ0n) is 16.1. The largest absolute Gasteiger partial charge is 0.444 e. The van der Waals surface area contributed by atoms with Gasteiger partial charge in [0.05, 0.1) is 11.4 Å². The summed E-state index contributed by atoms with van der Waals surface area (Å²) in [4.78, 5) is 16.2. The Kier molecular flexibility index (Phi) is 5.58. The third kappa shape index (κ3) is 4.59. The van der Waals surface area contributed by atoms with Crippen LogP contribution in [0.25, 0.3) is 0 Å². The van der Waals surface area contributed by atoms with Crippen molar-refractivity contribution < 1.29 is 13.9 Å². The fourth-order valence-electron chi connectivity index (χ4n) is 3.61. The van der Waals surface area contributed by atoms with Crippen LogP contribution in [0.2, 0.25) is 0 Å². The van der Waals surface area contributed by atoms with Gasteiger partial charge in [-0.3, -0.25) is 0 Å². The van der Waals surface area contributed by atoms with Crippen molar-refractivity contribution in [2.24, 2.45) is 0 Å². The quantitative estimate of drug-likeness (QED) is 0.873. The lowest BCUT2D eigenvalue weighted by Gasteiger charge is -2.35. The number of carbonyl (C=O) groups excluding carboxylic acids is 1. The molecule has 1 aromatic carbocycles. The fourth-order valence-corrected chi connectivity index (χ4v) is 3.61. The lowest BCUT2D eigenvalue weighted by atomic mass is 10.0. The highest BCUT2D eigenvalue weighted by atomic mass is 19.1. The van der Waals surface area contributed by atoms with Crippen molar-refractivity contribution in [2.45, 2.75) is 58.1 Å². The highest BCUT2D eigenvalue weighted by molar-refractivity contribution is 5.72. The van der Waals surface area contributed by atoms with Crippen molar-refractivity contribution in [3.8, 4) is 0 Å². The Bertz CT molecular complexity index is 630. The van der Waals surface area contributed by atoms with Crippen LogP contribution in [0.4, 0.5) is 20.6 Å². The number of hydrogen-bond acceptors (Lipinski definition) is 4. The van der Waals surface area contributed by atoms with Gasteiger partial charge in [-0.15, -0.1) is 0 Å². The summed E-state index contributed by atoms with van der Waals surface area (Å²) in [5, 5.41) is 3.41. The molecule has 0 saturated carbocycles. The van der Waals surface area contributed by atoms with Gasteiger partial charge >= 0.3 is 6.09 Å². The van der Waals surface area contributed by atoms with Crippen LogP contribution in [-0.2, 0) is 4.74 Å². The van der Waals surface area contributed by atoms with Crippen molar-refractivity contribution in [1.29, 1.82) is 0 Å². The number of para-hydroxylation sites is 1. The molecule has 0 spiro atoms. The van der Waals surface area contributed by atoms with E-state index in [-0.39, 0.29) is 18.0 Å². The van der Waals surface area contributed by atoms with Crippen molar-refractivity contribution in [1.82, 2.24) is 4.90 Å². The van der Waals surface area contributed by atoms with Gasteiger partial charge in [-0.25, -0.2) is 9.18 Å². The highest BCUT2D eigenvalue weighted by Gasteiger charge is 2.28. The number of nitrogens with one attached hydrogen (secondary N) is 1. The molecule has 1 aromatic rings. The Balaban J connectivity index is 1.61. The van der Waals surface area contributed by atoms with E-state index >= 15 is 0 Å². The molecule has 0 radical (unpaired) electrons. The molecule has 0 aliphatic carbocycles. The summed E-state index contributed by atoms with van der Waals surface area (Å²) in [5.41, 5.74) is 1.08.